The molecular formula is C18H24F4N8+2. The van der Waals surface area contributed by atoms with Crippen molar-refractivity contribution < 1.29 is 17.6 Å². The summed E-state index contributed by atoms with van der Waals surface area (Å²) in [5.41, 5.74) is 0. The normalized spacial score (nSPS) is 24.1. The molecule has 2 atom stereocenters. The van der Waals surface area contributed by atoms with Gasteiger partial charge in [0, 0.05) is 49.0 Å². The fraction of sp³-hybridized carbons (Fsp3) is 0.778. The van der Waals surface area contributed by atoms with Crippen LogP contribution in [0, 0.1) is 34.8 Å². The smallest absolute Gasteiger partial charge is 0.287 e. The molecule has 2 rings (SSSR count). The Labute approximate surface area is 173 Å². The number of hydrogen-bond acceptors (Lipinski definition) is 6. The summed E-state index contributed by atoms with van der Waals surface area (Å²) in [6.45, 7) is 1.76. The summed E-state index contributed by atoms with van der Waals surface area (Å²) in [6, 6.07) is 7.49. The van der Waals surface area contributed by atoms with Crippen LogP contribution in [0.25, 0.3) is 9.69 Å². The quantitative estimate of drug-likeness (QED) is 0.380. The van der Waals surface area contributed by atoms with Crippen LogP contribution >= 0.6 is 0 Å². The van der Waals surface area contributed by atoms with Crippen molar-refractivity contribution in [3.8, 4) is 24.3 Å². The maximum Gasteiger partial charge on any atom is 0.551 e. The average Bonchev–Trinajstić information content (AvgIpc) is 2.69. The first-order valence-electron chi connectivity index (χ1n) is 9.51. The van der Waals surface area contributed by atoms with Crippen LogP contribution < -0.4 is 0 Å². The summed E-state index contributed by atoms with van der Waals surface area (Å²) in [5, 5.41) is 17.3. The van der Waals surface area contributed by atoms with Crippen LogP contribution in [-0.4, -0.2) is 110 Å². The highest BCUT2D eigenvalue weighted by molar-refractivity contribution is 5.00. The number of halogens is 4. The lowest BCUT2D eigenvalue weighted by atomic mass is 10.1. The third kappa shape index (κ3) is 7.40. The molecule has 2 aliphatic heterocycles. The molecule has 0 aliphatic carbocycles. The van der Waals surface area contributed by atoms with Crippen LogP contribution in [0.1, 0.15) is 0 Å². The van der Waals surface area contributed by atoms with E-state index < -0.39 is 18.5 Å². The Bertz CT molecular complexity index is 766. The number of nitrogens with zero attached hydrogens (tertiary/aromatic N) is 8. The van der Waals surface area contributed by atoms with E-state index >= 15 is 0 Å². The van der Waals surface area contributed by atoms with Gasteiger partial charge in [-0.1, -0.05) is 0 Å². The predicted molar refractivity (Wildman–Crippen MR) is 101 cm³/mol. The van der Waals surface area contributed by atoms with Crippen molar-refractivity contribution in [2.45, 2.75) is 18.5 Å². The van der Waals surface area contributed by atoms with E-state index in [1.54, 1.807) is 0 Å². The highest BCUT2D eigenvalue weighted by atomic mass is 19.4. The van der Waals surface area contributed by atoms with Crippen molar-refractivity contribution in [3.63, 3.8) is 0 Å². The molecule has 2 unspecified atom stereocenters. The Morgan fingerprint density at radius 2 is 1.40 bits per heavy atom. The fourth-order valence-corrected chi connectivity index (χ4v) is 3.29. The van der Waals surface area contributed by atoms with Gasteiger partial charge in [0.2, 0.25) is 0 Å². The van der Waals surface area contributed by atoms with Crippen molar-refractivity contribution >= 4 is 0 Å². The summed E-state index contributed by atoms with van der Waals surface area (Å²) in [7, 11) is 0. The Kier molecular flexibility index (Phi) is 9.23. The second-order valence-electron chi connectivity index (χ2n) is 6.99. The number of alkyl halides is 4. The first kappa shape index (κ1) is 23.8. The average molecular weight is 428 g/mol. The molecule has 0 spiro atoms. The molecule has 30 heavy (non-hydrogen) atoms. The molecule has 0 N–H and O–H groups in total. The first-order valence-corrected chi connectivity index (χ1v) is 9.51. The third-order valence-corrected chi connectivity index (χ3v) is 4.96. The van der Waals surface area contributed by atoms with Gasteiger partial charge in [-0.15, -0.1) is 0 Å². The largest absolute Gasteiger partial charge is 0.551 e. The van der Waals surface area contributed by atoms with Gasteiger partial charge in [-0.05, 0) is 0 Å². The molecule has 2 aliphatic rings. The second kappa shape index (κ2) is 11.6. The molecule has 0 radical (unpaired) electrons. The van der Waals surface area contributed by atoms with Gasteiger partial charge in [-0.2, -0.15) is 23.7 Å². The molecule has 8 nitrogen and oxygen atoms in total. The van der Waals surface area contributed by atoms with Crippen LogP contribution in [0.15, 0.2) is 0 Å². The summed E-state index contributed by atoms with van der Waals surface area (Å²) in [4.78, 5) is 13.8. The van der Waals surface area contributed by atoms with Crippen molar-refractivity contribution in [3.05, 3.63) is 9.69 Å². The minimum atomic E-state index is -4.40. The molecule has 2 fully saturated rings. The zero-order valence-electron chi connectivity index (χ0n) is 16.5. The van der Waals surface area contributed by atoms with Gasteiger partial charge in [0.05, 0.1) is 25.2 Å². The van der Waals surface area contributed by atoms with E-state index in [2.05, 4.69) is 21.8 Å². The first-order chi connectivity index (χ1) is 14.3. The van der Waals surface area contributed by atoms with Gasteiger partial charge >= 0.3 is 12.8 Å². The lowest BCUT2D eigenvalue weighted by molar-refractivity contribution is -0.194. The molecule has 2 heterocycles. The number of rotatable bonds is 4. The van der Waals surface area contributed by atoms with E-state index in [9.17, 15) is 17.6 Å². The minimum absolute atomic E-state index is 0.0153. The lowest BCUT2D eigenvalue weighted by Crippen LogP contribution is -2.58. The molecule has 0 saturated carbocycles. The van der Waals surface area contributed by atoms with Gasteiger partial charge in [-0.25, -0.2) is 4.39 Å². The molecule has 0 amide bonds. The van der Waals surface area contributed by atoms with Gasteiger partial charge in [0.1, 0.15) is 19.1 Å². The SMILES string of the molecule is N#CCN1CCN(CC#[N+]C[N+]#CCN2CCN(CC#N)C(F)C2)C(C(F)(F)F)C1. The molecule has 0 bridgehead atoms. The standard InChI is InChI=1S/C18H24F4N8/c19-17-14-28(10-12-30(17)6-2-24)7-3-25-15-26-4-8-29-11-9-27(5-1-23)13-16(29)18(20,21)22/h16-17H,5-15H2/q+2. The van der Waals surface area contributed by atoms with Crippen molar-refractivity contribution in [2.75, 3.05) is 72.1 Å². The summed E-state index contributed by atoms with van der Waals surface area (Å²) in [5.74, 6) is 0. The van der Waals surface area contributed by atoms with Gasteiger partial charge in [-0.3, -0.25) is 19.6 Å². The van der Waals surface area contributed by atoms with Crippen LogP contribution in [0.5, 0.6) is 0 Å². The number of piperazine rings is 2. The van der Waals surface area contributed by atoms with E-state index in [-0.39, 0.29) is 45.9 Å². The Morgan fingerprint density at radius 1 is 0.800 bits per heavy atom. The zero-order valence-corrected chi connectivity index (χ0v) is 16.5. The third-order valence-electron chi connectivity index (χ3n) is 4.96. The molecule has 12 heteroatoms. The Morgan fingerprint density at radius 3 is 2.00 bits per heavy atom. The number of nitriles is 2. The fourth-order valence-electron chi connectivity index (χ4n) is 3.29. The minimum Gasteiger partial charge on any atom is -0.287 e. The molecular weight excluding hydrogens is 404 g/mol. The topological polar surface area (TPSA) is 69.3 Å². The van der Waals surface area contributed by atoms with Crippen molar-refractivity contribution in [1.29, 1.82) is 10.5 Å². The summed E-state index contributed by atoms with van der Waals surface area (Å²) < 4.78 is 53.7. The van der Waals surface area contributed by atoms with Crippen LogP contribution in [-0.2, 0) is 0 Å². The van der Waals surface area contributed by atoms with E-state index in [0.29, 0.717) is 26.2 Å². The molecule has 0 aromatic carbocycles. The Balaban J connectivity index is 1.75. The van der Waals surface area contributed by atoms with Gasteiger partial charge in [0.15, 0.2) is 6.30 Å². The summed E-state index contributed by atoms with van der Waals surface area (Å²) >= 11 is 0. The van der Waals surface area contributed by atoms with Crippen molar-refractivity contribution in [1.82, 2.24) is 19.6 Å². The maximum absolute atomic E-state index is 13.9. The van der Waals surface area contributed by atoms with Gasteiger partial charge in [0.25, 0.3) is 12.1 Å². The van der Waals surface area contributed by atoms with Gasteiger partial charge < -0.3 is 0 Å². The van der Waals surface area contributed by atoms with E-state index in [1.807, 2.05) is 17.0 Å². The number of hydrogen-bond donors (Lipinski definition) is 0. The highest BCUT2D eigenvalue weighted by Gasteiger charge is 2.46. The highest BCUT2D eigenvalue weighted by Crippen LogP contribution is 2.27. The van der Waals surface area contributed by atoms with E-state index in [4.69, 9.17) is 10.5 Å². The zero-order chi connectivity index (χ0) is 22.0. The second-order valence-corrected chi connectivity index (χ2v) is 6.99. The van der Waals surface area contributed by atoms with E-state index in [1.165, 1.54) is 14.7 Å². The Hall–Kier alpha value is -2.48. The van der Waals surface area contributed by atoms with Crippen molar-refractivity contribution in [2.24, 2.45) is 0 Å². The predicted octanol–water partition coefficient (Wildman–Crippen LogP) is 1.12. The van der Waals surface area contributed by atoms with Crippen LogP contribution in [0.4, 0.5) is 17.6 Å². The monoisotopic (exact) mass is 428 g/mol. The van der Waals surface area contributed by atoms with Crippen LogP contribution in [0.3, 0.4) is 0 Å². The molecule has 0 aromatic heterocycles. The summed E-state index contributed by atoms with van der Waals surface area (Å²) in [6.07, 6.45) is -5.60. The lowest BCUT2D eigenvalue weighted by Gasteiger charge is -2.39. The van der Waals surface area contributed by atoms with Crippen LogP contribution in [0.2, 0.25) is 0 Å². The van der Waals surface area contributed by atoms with E-state index in [0.717, 1.165) is 0 Å². The molecule has 0 aromatic rings. The molecule has 162 valence electrons. The molecule has 2 saturated heterocycles. The maximum atomic E-state index is 13.9.